The Kier molecular flexibility index (Phi) is 9.91. The van der Waals surface area contributed by atoms with Crippen LogP contribution in [0.3, 0.4) is 0 Å². The molecule has 0 saturated heterocycles. The summed E-state index contributed by atoms with van der Waals surface area (Å²) in [7, 11) is 0. The summed E-state index contributed by atoms with van der Waals surface area (Å²) in [6.07, 6.45) is 0.595. The molecule has 0 aliphatic rings. The van der Waals surface area contributed by atoms with Crippen molar-refractivity contribution in [1.29, 1.82) is 5.26 Å². The maximum atomic E-state index is 13.1. The third-order valence-electron chi connectivity index (χ3n) is 4.69. The Labute approximate surface area is 185 Å². The number of carbonyl (C=O) groups is 1. The fourth-order valence-corrected chi connectivity index (χ4v) is 3.52. The van der Waals surface area contributed by atoms with Gasteiger partial charge in [0.05, 0.1) is 36.6 Å². The van der Waals surface area contributed by atoms with Crippen LogP contribution < -0.4 is 10.6 Å². The Bertz CT molecular complexity index is 844. The van der Waals surface area contributed by atoms with E-state index in [4.69, 9.17) is 5.11 Å². The molecule has 0 saturated carbocycles. The van der Waals surface area contributed by atoms with Gasteiger partial charge in [0.15, 0.2) is 0 Å². The quantitative estimate of drug-likeness (QED) is 0.371. The van der Waals surface area contributed by atoms with Gasteiger partial charge in [0.1, 0.15) is 10.5 Å². The summed E-state index contributed by atoms with van der Waals surface area (Å²) in [5, 5.41) is 34.7. The van der Waals surface area contributed by atoms with E-state index >= 15 is 0 Å². The van der Waals surface area contributed by atoms with E-state index in [1.165, 1.54) is 0 Å². The van der Waals surface area contributed by atoms with E-state index in [-0.39, 0.29) is 12.6 Å². The molecule has 0 bridgehead atoms. The zero-order valence-electron chi connectivity index (χ0n) is 16.8. The fourth-order valence-electron chi connectivity index (χ4n) is 3.16. The summed E-state index contributed by atoms with van der Waals surface area (Å²) in [4.78, 5) is 17.5. The molecule has 4 atom stereocenters. The molecule has 1 aromatic carbocycles. The van der Waals surface area contributed by atoms with Crippen LogP contribution in [0.5, 0.6) is 0 Å². The van der Waals surface area contributed by atoms with Gasteiger partial charge in [-0.05, 0) is 40.0 Å². The van der Waals surface area contributed by atoms with E-state index in [0.29, 0.717) is 10.3 Å². The van der Waals surface area contributed by atoms with Gasteiger partial charge in [-0.1, -0.05) is 49.7 Å². The summed E-state index contributed by atoms with van der Waals surface area (Å²) in [6.45, 7) is 1.62. The molecule has 1 heterocycles. The second kappa shape index (κ2) is 12.4. The molecule has 160 valence electrons. The second-order valence-corrected chi connectivity index (χ2v) is 7.79. The van der Waals surface area contributed by atoms with Crippen LogP contribution in [0.1, 0.15) is 43.1 Å². The smallest absolute Gasteiger partial charge is 0.239 e. The van der Waals surface area contributed by atoms with Crippen LogP contribution in [-0.2, 0) is 4.79 Å². The molecule has 1 amide bonds. The van der Waals surface area contributed by atoms with E-state index in [9.17, 15) is 15.2 Å². The van der Waals surface area contributed by atoms with Crippen LogP contribution in [0.4, 0.5) is 0 Å². The highest BCUT2D eigenvalue weighted by atomic mass is 79.9. The lowest BCUT2D eigenvalue weighted by Crippen LogP contribution is -2.43. The monoisotopic (exact) mass is 474 g/mol. The second-order valence-electron chi connectivity index (χ2n) is 6.97. The van der Waals surface area contributed by atoms with Gasteiger partial charge in [0.2, 0.25) is 5.91 Å². The zero-order valence-corrected chi connectivity index (χ0v) is 18.4. The van der Waals surface area contributed by atoms with E-state index < -0.39 is 30.6 Å². The minimum atomic E-state index is -1.08. The molecule has 1 aromatic heterocycles. The van der Waals surface area contributed by atoms with Crippen molar-refractivity contribution in [3.63, 3.8) is 0 Å². The Morgan fingerprint density at radius 3 is 2.57 bits per heavy atom. The van der Waals surface area contributed by atoms with Gasteiger partial charge in [0.25, 0.3) is 0 Å². The molecule has 4 N–H and O–H groups in total. The van der Waals surface area contributed by atoms with Crippen molar-refractivity contribution in [2.45, 2.75) is 38.0 Å². The molecule has 2 aromatic rings. The molecule has 7 nitrogen and oxygen atoms in total. The maximum Gasteiger partial charge on any atom is 0.239 e. The maximum absolute atomic E-state index is 13.1. The average Bonchev–Trinajstić information content (AvgIpc) is 2.76. The largest absolute Gasteiger partial charge is 0.394 e. The Morgan fingerprint density at radius 1 is 1.23 bits per heavy atom. The molecule has 4 unspecified atom stereocenters. The highest BCUT2D eigenvalue weighted by Crippen LogP contribution is 2.25. The normalized spacial score (nSPS) is 14.9. The summed E-state index contributed by atoms with van der Waals surface area (Å²) >= 11 is 3.31. The van der Waals surface area contributed by atoms with Crippen LogP contribution in [0.25, 0.3) is 0 Å². The first-order chi connectivity index (χ1) is 14.5. The molecule has 0 aliphatic heterocycles. The van der Waals surface area contributed by atoms with Gasteiger partial charge in [-0.2, -0.15) is 5.26 Å². The van der Waals surface area contributed by atoms with Gasteiger partial charge < -0.3 is 20.8 Å². The van der Waals surface area contributed by atoms with Crippen molar-refractivity contribution in [2.24, 2.45) is 5.92 Å². The number of amides is 1. The number of hydrogen-bond acceptors (Lipinski definition) is 6. The molecular weight excluding hydrogens is 448 g/mol. The van der Waals surface area contributed by atoms with Crippen molar-refractivity contribution in [2.75, 3.05) is 13.2 Å². The van der Waals surface area contributed by atoms with Gasteiger partial charge in [-0.25, -0.2) is 4.98 Å². The first-order valence-electron chi connectivity index (χ1n) is 9.89. The number of aliphatic hydroxyl groups excluding tert-OH is 2. The number of benzene rings is 1. The lowest BCUT2D eigenvalue weighted by Gasteiger charge is -2.26. The van der Waals surface area contributed by atoms with Crippen molar-refractivity contribution < 1.29 is 15.0 Å². The number of nitriles is 1. The molecule has 0 fully saturated rings. The van der Waals surface area contributed by atoms with Crippen molar-refractivity contribution in [1.82, 2.24) is 15.6 Å². The fraction of sp³-hybridized carbons (Fsp3) is 0.409. The number of hydrogen-bond donors (Lipinski definition) is 4. The highest BCUT2D eigenvalue weighted by Gasteiger charge is 2.32. The summed E-state index contributed by atoms with van der Waals surface area (Å²) in [5.41, 5.74) is 1.47. The molecule has 0 aliphatic carbocycles. The minimum Gasteiger partial charge on any atom is -0.394 e. The number of aliphatic hydroxyl groups is 2. The standard InChI is InChI=1S/C22H27BrN4O3/c1-2-7-18(15-8-4-3-5-9-15)27-22(30)17(12-24)21(25-13-16(29)14-28)19-10-6-11-20(23)26-19/h3-6,8-11,16-18,21,25,28-29H,2,7,13-14H2,1H3,(H,27,30). The average molecular weight is 475 g/mol. The van der Waals surface area contributed by atoms with Crippen molar-refractivity contribution >= 4 is 21.8 Å². The van der Waals surface area contributed by atoms with Crippen LogP contribution >= 0.6 is 15.9 Å². The molecule has 0 spiro atoms. The number of rotatable bonds is 11. The number of nitrogens with one attached hydrogen (secondary N) is 2. The van der Waals surface area contributed by atoms with Crippen molar-refractivity contribution in [3.05, 3.63) is 64.4 Å². The highest BCUT2D eigenvalue weighted by molar-refractivity contribution is 9.10. The topological polar surface area (TPSA) is 118 Å². The van der Waals surface area contributed by atoms with E-state index in [2.05, 4.69) is 37.6 Å². The molecule has 0 radical (unpaired) electrons. The van der Waals surface area contributed by atoms with Crippen molar-refractivity contribution in [3.8, 4) is 6.07 Å². The zero-order chi connectivity index (χ0) is 21.9. The Hall–Kier alpha value is -2.31. The Morgan fingerprint density at radius 2 is 1.97 bits per heavy atom. The number of halogens is 1. The third kappa shape index (κ3) is 6.89. The van der Waals surface area contributed by atoms with E-state index in [1.54, 1.807) is 18.2 Å². The molecule has 30 heavy (non-hydrogen) atoms. The summed E-state index contributed by atoms with van der Waals surface area (Å²) < 4.78 is 0.569. The minimum absolute atomic E-state index is 0.0118. The summed E-state index contributed by atoms with van der Waals surface area (Å²) in [5.74, 6) is -1.50. The number of nitrogens with zero attached hydrogens (tertiary/aromatic N) is 2. The number of aromatic nitrogens is 1. The predicted molar refractivity (Wildman–Crippen MR) is 117 cm³/mol. The number of pyridine rings is 1. The SMILES string of the molecule is CCCC(NC(=O)C(C#N)C(NCC(O)CO)c1cccc(Br)n1)c1ccccc1. The lowest BCUT2D eigenvalue weighted by atomic mass is 9.94. The van der Waals surface area contributed by atoms with Gasteiger partial charge >= 0.3 is 0 Å². The van der Waals surface area contributed by atoms with Crippen LogP contribution in [0.2, 0.25) is 0 Å². The third-order valence-corrected chi connectivity index (χ3v) is 5.13. The first kappa shape index (κ1) is 24.0. The van der Waals surface area contributed by atoms with E-state index in [0.717, 1.165) is 18.4 Å². The first-order valence-corrected chi connectivity index (χ1v) is 10.7. The number of carbonyl (C=O) groups excluding carboxylic acids is 1. The van der Waals surface area contributed by atoms with Crippen LogP contribution in [0.15, 0.2) is 53.1 Å². The predicted octanol–water partition coefficient (Wildman–Crippen LogP) is 2.63. The molecular formula is C22H27BrN4O3. The van der Waals surface area contributed by atoms with Crippen LogP contribution in [0, 0.1) is 17.2 Å². The summed E-state index contributed by atoms with van der Waals surface area (Å²) in [6, 6.07) is 16.0. The lowest BCUT2D eigenvalue weighted by molar-refractivity contribution is -0.125. The molecule has 2 rings (SSSR count). The Balaban J connectivity index is 2.27. The van der Waals surface area contributed by atoms with E-state index in [1.807, 2.05) is 37.3 Å². The van der Waals surface area contributed by atoms with Crippen LogP contribution in [-0.4, -0.2) is 40.4 Å². The van der Waals surface area contributed by atoms with Gasteiger partial charge in [-0.15, -0.1) is 0 Å². The molecule has 8 heteroatoms. The van der Waals surface area contributed by atoms with Gasteiger partial charge in [-0.3, -0.25) is 4.79 Å². The van der Waals surface area contributed by atoms with Gasteiger partial charge in [0, 0.05) is 6.54 Å².